The Balaban J connectivity index is 1.70. The number of hydrazine groups is 1. The highest BCUT2D eigenvalue weighted by molar-refractivity contribution is 5.98. The van der Waals surface area contributed by atoms with E-state index in [0.717, 1.165) is 17.3 Å². The molecule has 25 heavy (non-hydrogen) atoms. The standard InChI is InChI=1S/C18H16F2N4O/c1-25-15-7-3-5-12-14-9-11(23-24(14)18(21)22-17(12)15)8-10-4-2-6-13(19)16(10)20/h2-7,9,11,23H,8H2,1H3,(H2,21,22). The minimum Gasteiger partial charge on any atom is -0.494 e. The van der Waals surface area contributed by atoms with Gasteiger partial charge in [-0.05, 0) is 30.2 Å². The molecule has 4 rings (SSSR count). The van der Waals surface area contributed by atoms with Gasteiger partial charge in [0, 0.05) is 5.56 Å². The molecule has 2 aliphatic rings. The first-order valence-corrected chi connectivity index (χ1v) is 7.81. The molecule has 128 valence electrons. The molecule has 1 atom stereocenters. The van der Waals surface area contributed by atoms with Crippen LogP contribution in [0, 0.1) is 11.6 Å². The Bertz CT molecular complexity index is 910. The summed E-state index contributed by atoms with van der Waals surface area (Å²) >= 11 is 0. The van der Waals surface area contributed by atoms with Crippen LogP contribution in [-0.2, 0) is 6.42 Å². The molecule has 3 N–H and O–H groups in total. The molecule has 2 aromatic carbocycles. The van der Waals surface area contributed by atoms with E-state index in [1.807, 2.05) is 24.3 Å². The van der Waals surface area contributed by atoms with Gasteiger partial charge >= 0.3 is 0 Å². The number of ether oxygens (including phenoxy) is 1. The normalized spacial score (nSPS) is 18.4. The van der Waals surface area contributed by atoms with Crippen LogP contribution in [0.3, 0.4) is 0 Å². The summed E-state index contributed by atoms with van der Waals surface area (Å²) in [6.07, 6.45) is 2.22. The molecule has 0 spiro atoms. The van der Waals surface area contributed by atoms with E-state index in [1.54, 1.807) is 18.2 Å². The van der Waals surface area contributed by atoms with Crippen LogP contribution in [0.1, 0.15) is 11.1 Å². The summed E-state index contributed by atoms with van der Waals surface area (Å²) in [6, 6.07) is 9.54. The Morgan fingerprint density at radius 2 is 2.04 bits per heavy atom. The van der Waals surface area contributed by atoms with Crippen LogP contribution in [-0.4, -0.2) is 24.1 Å². The van der Waals surface area contributed by atoms with Crippen molar-refractivity contribution in [2.45, 2.75) is 12.5 Å². The lowest BCUT2D eigenvalue weighted by Crippen LogP contribution is -2.46. The Labute approximate surface area is 143 Å². The summed E-state index contributed by atoms with van der Waals surface area (Å²) < 4.78 is 32.7. The minimum absolute atomic E-state index is 0.239. The lowest BCUT2D eigenvalue weighted by atomic mass is 10.0. The summed E-state index contributed by atoms with van der Waals surface area (Å²) in [5.41, 5.74) is 11.9. The quantitative estimate of drug-likeness (QED) is 0.900. The largest absolute Gasteiger partial charge is 0.494 e. The Kier molecular flexibility index (Phi) is 3.65. The third-order valence-corrected chi connectivity index (χ3v) is 4.32. The number of para-hydroxylation sites is 1. The summed E-state index contributed by atoms with van der Waals surface area (Å²) in [5.74, 6) is -0.778. The molecule has 2 aliphatic heterocycles. The van der Waals surface area contributed by atoms with E-state index in [9.17, 15) is 8.78 Å². The fraction of sp³-hybridized carbons (Fsp3) is 0.167. The SMILES string of the molecule is COc1cccc2c1N=C(N)N1NC(Cc3cccc(F)c3F)C=C21. The fourth-order valence-corrected chi connectivity index (χ4v) is 3.16. The minimum atomic E-state index is -0.850. The number of nitrogens with zero attached hydrogens (tertiary/aromatic N) is 2. The van der Waals surface area contributed by atoms with Crippen molar-refractivity contribution in [1.29, 1.82) is 0 Å². The van der Waals surface area contributed by atoms with Gasteiger partial charge in [-0.3, -0.25) is 0 Å². The Morgan fingerprint density at radius 1 is 1.24 bits per heavy atom. The van der Waals surface area contributed by atoms with E-state index in [0.29, 0.717) is 17.0 Å². The number of nitrogens with one attached hydrogen (secondary N) is 1. The number of halogens is 2. The molecule has 1 unspecified atom stereocenters. The molecule has 0 radical (unpaired) electrons. The first-order chi connectivity index (χ1) is 12.1. The third-order valence-electron chi connectivity index (χ3n) is 4.32. The maximum absolute atomic E-state index is 13.9. The number of hydrogen-bond donors (Lipinski definition) is 2. The van der Waals surface area contributed by atoms with E-state index in [1.165, 1.54) is 6.07 Å². The Morgan fingerprint density at radius 3 is 2.84 bits per heavy atom. The van der Waals surface area contributed by atoms with Crippen LogP contribution < -0.4 is 15.9 Å². The number of fused-ring (bicyclic) bond motifs is 3. The number of aliphatic imine (C=N–C) groups is 1. The number of hydrogen-bond acceptors (Lipinski definition) is 5. The number of benzene rings is 2. The highest BCUT2D eigenvalue weighted by atomic mass is 19.2. The molecule has 2 heterocycles. The fourth-order valence-electron chi connectivity index (χ4n) is 3.16. The number of guanidine groups is 1. The van der Waals surface area contributed by atoms with Crippen molar-refractivity contribution < 1.29 is 13.5 Å². The van der Waals surface area contributed by atoms with Gasteiger partial charge in [-0.2, -0.15) is 0 Å². The molecular formula is C18H16F2N4O. The van der Waals surface area contributed by atoms with Gasteiger partial charge in [0.15, 0.2) is 11.6 Å². The second-order valence-corrected chi connectivity index (χ2v) is 5.87. The third kappa shape index (κ3) is 2.53. The summed E-state index contributed by atoms with van der Waals surface area (Å²) in [6.45, 7) is 0. The molecule has 7 heteroatoms. The highest BCUT2D eigenvalue weighted by Crippen LogP contribution is 2.41. The van der Waals surface area contributed by atoms with Crippen LogP contribution in [0.15, 0.2) is 47.5 Å². The monoisotopic (exact) mass is 342 g/mol. The predicted molar refractivity (Wildman–Crippen MR) is 91.1 cm³/mol. The first-order valence-electron chi connectivity index (χ1n) is 7.81. The number of nitrogens with two attached hydrogens (primary N) is 1. The van der Waals surface area contributed by atoms with Crippen LogP contribution in [0.25, 0.3) is 5.70 Å². The average molecular weight is 342 g/mol. The molecule has 2 aromatic rings. The maximum Gasteiger partial charge on any atom is 0.216 e. The van der Waals surface area contributed by atoms with Crippen molar-refractivity contribution in [2.24, 2.45) is 10.7 Å². The van der Waals surface area contributed by atoms with Gasteiger partial charge < -0.3 is 10.5 Å². The predicted octanol–water partition coefficient (Wildman–Crippen LogP) is 2.71. The molecule has 0 saturated heterocycles. The number of rotatable bonds is 3. The summed E-state index contributed by atoms with van der Waals surface area (Å²) in [7, 11) is 1.57. The van der Waals surface area contributed by atoms with Gasteiger partial charge in [0.25, 0.3) is 0 Å². The molecule has 0 bridgehead atoms. The van der Waals surface area contributed by atoms with Crippen LogP contribution in [0.4, 0.5) is 14.5 Å². The lowest BCUT2D eigenvalue weighted by Gasteiger charge is -2.27. The topological polar surface area (TPSA) is 62.9 Å². The lowest BCUT2D eigenvalue weighted by molar-refractivity contribution is 0.398. The molecule has 0 saturated carbocycles. The smallest absolute Gasteiger partial charge is 0.216 e. The summed E-state index contributed by atoms with van der Waals surface area (Å²) in [4.78, 5) is 4.39. The van der Waals surface area contributed by atoms with Crippen molar-refractivity contribution in [2.75, 3.05) is 7.11 Å². The zero-order chi connectivity index (χ0) is 17.6. The molecule has 0 amide bonds. The van der Waals surface area contributed by atoms with Crippen molar-refractivity contribution in [1.82, 2.24) is 10.4 Å². The van der Waals surface area contributed by atoms with Crippen molar-refractivity contribution in [3.8, 4) is 5.75 Å². The van der Waals surface area contributed by atoms with E-state index >= 15 is 0 Å². The van der Waals surface area contributed by atoms with Gasteiger partial charge in [-0.1, -0.05) is 24.3 Å². The van der Waals surface area contributed by atoms with Crippen LogP contribution in [0.2, 0.25) is 0 Å². The van der Waals surface area contributed by atoms with Gasteiger partial charge in [0.2, 0.25) is 5.96 Å². The van der Waals surface area contributed by atoms with E-state index in [2.05, 4.69) is 10.4 Å². The van der Waals surface area contributed by atoms with E-state index in [4.69, 9.17) is 10.5 Å². The zero-order valence-corrected chi connectivity index (χ0v) is 13.5. The molecule has 0 aliphatic carbocycles. The second kappa shape index (κ2) is 5.86. The number of methoxy groups -OCH3 is 1. The van der Waals surface area contributed by atoms with Crippen LogP contribution in [0.5, 0.6) is 5.75 Å². The van der Waals surface area contributed by atoms with E-state index in [-0.39, 0.29) is 18.4 Å². The van der Waals surface area contributed by atoms with Gasteiger partial charge in [-0.25, -0.2) is 24.2 Å². The van der Waals surface area contributed by atoms with Gasteiger partial charge in [-0.15, -0.1) is 0 Å². The molecule has 0 fully saturated rings. The Hall–Kier alpha value is -2.93. The highest BCUT2D eigenvalue weighted by Gasteiger charge is 2.32. The van der Waals surface area contributed by atoms with Crippen molar-refractivity contribution in [3.05, 3.63) is 65.2 Å². The maximum atomic E-state index is 13.9. The van der Waals surface area contributed by atoms with Crippen LogP contribution >= 0.6 is 0 Å². The van der Waals surface area contributed by atoms with Crippen molar-refractivity contribution >= 4 is 17.3 Å². The van der Waals surface area contributed by atoms with Gasteiger partial charge in [0.05, 0.1) is 18.8 Å². The molecule has 5 nitrogen and oxygen atoms in total. The molecule has 0 aromatic heterocycles. The van der Waals surface area contributed by atoms with Gasteiger partial charge in [0.1, 0.15) is 11.4 Å². The van der Waals surface area contributed by atoms with Crippen molar-refractivity contribution in [3.63, 3.8) is 0 Å². The zero-order valence-electron chi connectivity index (χ0n) is 13.5. The second-order valence-electron chi connectivity index (χ2n) is 5.87. The first kappa shape index (κ1) is 15.6. The summed E-state index contributed by atoms with van der Waals surface area (Å²) in [5, 5.41) is 1.66. The molecular weight excluding hydrogens is 326 g/mol. The van der Waals surface area contributed by atoms with E-state index < -0.39 is 11.6 Å². The average Bonchev–Trinajstić information content (AvgIpc) is 3.03.